The number of benzene rings is 2. The lowest BCUT2D eigenvalue weighted by Crippen LogP contribution is -2.17. The van der Waals surface area contributed by atoms with Crippen molar-refractivity contribution in [2.45, 2.75) is 18.9 Å². The summed E-state index contributed by atoms with van der Waals surface area (Å²) in [5.74, 6) is 1.88. The lowest BCUT2D eigenvalue weighted by Gasteiger charge is -2.21. The summed E-state index contributed by atoms with van der Waals surface area (Å²) in [4.78, 5) is 0. The number of hydrogen-bond acceptors (Lipinski definition) is 2. The average Bonchev–Trinajstić information content (AvgIpc) is 2.53. The molecule has 3 rings (SSSR count). The van der Waals surface area contributed by atoms with Gasteiger partial charge in [-0.05, 0) is 42.7 Å². The van der Waals surface area contributed by atoms with Crippen molar-refractivity contribution in [3.05, 3.63) is 65.7 Å². The van der Waals surface area contributed by atoms with Crippen LogP contribution in [-0.4, -0.2) is 13.2 Å². The predicted octanol–water partition coefficient (Wildman–Crippen LogP) is 4.10. The number of aryl methyl sites for hydroxylation is 1. The summed E-state index contributed by atoms with van der Waals surface area (Å²) >= 11 is 0. The van der Waals surface area contributed by atoms with Crippen molar-refractivity contribution >= 4 is 6.08 Å². The summed E-state index contributed by atoms with van der Waals surface area (Å²) in [6.45, 7) is 0. The van der Waals surface area contributed by atoms with E-state index in [9.17, 15) is 0 Å². The van der Waals surface area contributed by atoms with Gasteiger partial charge in [-0.15, -0.1) is 0 Å². The Morgan fingerprint density at radius 3 is 2.65 bits per heavy atom. The van der Waals surface area contributed by atoms with Crippen molar-refractivity contribution in [3.8, 4) is 11.5 Å². The van der Waals surface area contributed by atoms with Crippen LogP contribution in [0, 0.1) is 0 Å². The van der Waals surface area contributed by atoms with E-state index in [0.717, 1.165) is 29.9 Å². The molecule has 0 bridgehead atoms. The maximum absolute atomic E-state index is 5.99. The van der Waals surface area contributed by atoms with Gasteiger partial charge in [-0.3, -0.25) is 0 Å². The van der Waals surface area contributed by atoms with Crippen molar-refractivity contribution in [1.82, 2.24) is 0 Å². The number of para-hydroxylation sites is 1. The van der Waals surface area contributed by atoms with Gasteiger partial charge in [0.25, 0.3) is 0 Å². The van der Waals surface area contributed by atoms with Crippen LogP contribution in [0.3, 0.4) is 0 Å². The number of rotatable bonds is 4. The Kier molecular flexibility index (Phi) is 3.73. The van der Waals surface area contributed by atoms with Gasteiger partial charge in [0, 0.05) is 5.56 Å². The van der Waals surface area contributed by atoms with Crippen LogP contribution in [0.25, 0.3) is 6.08 Å². The van der Waals surface area contributed by atoms with Gasteiger partial charge < -0.3 is 9.47 Å². The van der Waals surface area contributed by atoms with E-state index in [4.69, 9.17) is 9.47 Å². The molecule has 2 aromatic rings. The third kappa shape index (κ3) is 2.85. The Morgan fingerprint density at radius 2 is 1.85 bits per heavy atom. The molecule has 102 valence electrons. The van der Waals surface area contributed by atoms with Crippen molar-refractivity contribution in [2.24, 2.45) is 0 Å². The molecule has 0 N–H and O–H groups in total. The van der Waals surface area contributed by atoms with Crippen molar-refractivity contribution < 1.29 is 9.47 Å². The second-order valence-corrected chi connectivity index (χ2v) is 4.94. The molecule has 0 fully saturated rings. The molecule has 0 aliphatic carbocycles. The summed E-state index contributed by atoms with van der Waals surface area (Å²) < 4.78 is 11.2. The molecule has 2 aromatic carbocycles. The van der Waals surface area contributed by atoms with Gasteiger partial charge in [-0.25, -0.2) is 0 Å². The summed E-state index contributed by atoms with van der Waals surface area (Å²) in [5.41, 5.74) is 2.47. The second kappa shape index (κ2) is 5.83. The second-order valence-electron chi connectivity index (χ2n) is 4.94. The highest BCUT2D eigenvalue weighted by atomic mass is 16.5. The minimum atomic E-state index is 0.159. The van der Waals surface area contributed by atoms with E-state index >= 15 is 0 Å². The van der Waals surface area contributed by atoms with Gasteiger partial charge in [0.1, 0.15) is 17.6 Å². The SMILES string of the molecule is COc1ccc(CCC2C=Cc3ccccc3O2)cc1. The zero-order valence-corrected chi connectivity index (χ0v) is 11.6. The molecule has 2 heteroatoms. The van der Waals surface area contributed by atoms with Crippen molar-refractivity contribution in [3.63, 3.8) is 0 Å². The first-order valence-electron chi connectivity index (χ1n) is 6.92. The number of ether oxygens (including phenoxy) is 2. The molecule has 0 radical (unpaired) electrons. The van der Waals surface area contributed by atoms with Gasteiger partial charge in [-0.2, -0.15) is 0 Å². The van der Waals surface area contributed by atoms with Crippen LogP contribution in [0.5, 0.6) is 11.5 Å². The van der Waals surface area contributed by atoms with E-state index in [2.05, 4.69) is 30.4 Å². The smallest absolute Gasteiger partial charge is 0.127 e. The molecule has 20 heavy (non-hydrogen) atoms. The summed E-state index contributed by atoms with van der Waals surface area (Å²) in [6.07, 6.45) is 6.44. The molecular weight excluding hydrogens is 248 g/mol. The standard InChI is InChI=1S/C18H18O2/c1-19-16-10-6-14(7-11-16)8-12-17-13-9-15-4-2-3-5-18(15)20-17/h2-7,9-11,13,17H,8,12H2,1H3. The fourth-order valence-corrected chi connectivity index (χ4v) is 2.40. The maximum Gasteiger partial charge on any atom is 0.127 e. The first kappa shape index (κ1) is 12.8. The largest absolute Gasteiger partial charge is 0.497 e. The van der Waals surface area contributed by atoms with E-state index in [1.165, 1.54) is 5.56 Å². The molecule has 1 heterocycles. The maximum atomic E-state index is 5.99. The molecule has 0 saturated carbocycles. The number of fused-ring (bicyclic) bond motifs is 1. The molecular formula is C18H18O2. The van der Waals surface area contributed by atoms with Gasteiger partial charge in [0.05, 0.1) is 7.11 Å². The van der Waals surface area contributed by atoms with Crippen LogP contribution in [0.4, 0.5) is 0 Å². The van der Waals surface area contributed by atoms with Gasteiger partial charge >= 0.3 is 0 Å². The van der Waals surface area contributed by atoms with E-state index in [0.29, 0.717) is 0 Å². The Balaban J connectivity index is 1.60. The van der Waals surface area contributed by atoms with E-state index in [1.807, 2.05) is 30.3 Å². The van der Waals surface area contributed by atoms with Crippen LogP contribution in [0.2, 0.25) is 0 Å². The van der Waals surface area contributed by atoms with E-state index in [-0.39, 0.29) is 6.10 Å². The third-order valence-electron chi connectivity index (χ3n) is 3.56. The lowest BCUT2D eigenvalue weighted by molar-refractivity contribution is 0.235. The molecule has 1 aliphatic heterocycles. The third-order valence-corrected chi connectivity index (χ3v) is 3.56. The molecule has 0 amide bonds. The summed E-state index contributed by atoms with van der Waals surface area (Å²) in [7, 11) is 1.69. The van der Waals surface area contributed by atoms with Crippen LogP contribution in [-0.2, 0) is 6.42 Å². The lowest BCUT2D eigenvalue weighted by atomic mass is 10.0. The van der Waals surface area contributed by atoms with E-state index in [1.54, 1.807) is 7.11 Å². The highest BCUT2D eigenvalue weighted by Crippen LogP contribution is 2.27. The Morgan fingerprint density at radius 1 is 1.05 bits per heavy atom. The molecule has 0 aromatic heterocycles. The molecule has 0 spiro atoms. The van der Waals surface area contributed by atoms with Gasteiger partial charge in [0.2, 0.25) is 0 Å². The zero-order valence-electron chi connectivity index (χ0n) is 11.6. The first-order valence-corrected chi connectivity index (χ1v) is 6.92. The van der Waals surface area contributed by atoms with Crippen LogP contribution >= 0.6 is 0 Å². The molecule has 1 unspecified atom stereocenters. The fourth-order valence-electron chi connectivity index (χ4n) is 2.40. The first-order chi connectivity index (χ1) is 9.85. The monoisotopic (exact) mass is 266 g/mol. The highest BCUT2D eigenvalue weighted by molar-refractivity contribution is 5.59. The molecule has 0 saturated heterocycles. The Labute approximate surface area is 119 Å². The number of hydrogen-bond donors (Lipinski definition) is 0. The van der Waals surface area contributed by atoms with E-state index < -0.39 is 0 Å². The minimum Gasteiger partial charge on any atom is -0.497 e. The van der Waals surface area contributed by atoms with Crippen LogP contribution in [0.15, 0.2) is 54.6 Å². The van der Waals surface area contributed by atoms with Gasteiger partial charge in [-0.1, -0.05) is 36.4 Å². The fraction of sp³-hybridized carbons (Fsp3) is 0.222. The van der Waals surface area contributed by atoms with Crippen LogP contribution in [0.1, 0.15) is 17.5 Å². The summed E-state index contributed by atoms with van der Waals surface area (Å²) in [6, 6.07) is 16.4. The molecule has 1 aliphatic rings. The minimum absolute atomic E-state index is 0.159. The van der Waals surface area contributed by atoms with Crippen molar-refractivity contribution in [2.75, 3.05) is 7.11 Å². The average molecular weight is 266 g/mol. The molecule has 2 nitrogen and oxygen atoms in total. The summed E-state index contributed by atoms with van der Waals surface area (Å²) in [5, 5.41) is 0. The topological polar surface area (TPSA) is 18.5 Å². The molecule has 1 atom stereocenters. The Hall–Kier alpha value is -2.22. The number of methoxy groups -OCH3 is 1. The zero-order chi connectivity index (χ0) is 13.8. The van der Waals surface area contributed by atoms with Crippen LogP contribution < -0.4 is 9.47 Å². The predicted molar refractivity (Wildman–Crippen MR) is 81.2 cm³/mol. The Bertz CT molecular complexity index is 599. The van der Waals surface area contributed by atoms with Gasteiger partial charge in [0.15, 0.2) is 0 Å². The van der Waals surface area contributed by atoms with Crippen molar-refractivity contribution in [1.29, 1.82) is 0 Å². The highest BCUT2D eigenvalue weighted by Gasteiger charge is 2.13. The quantitative estimate of drug-likeness (QED) is 0.829. The normalized spacial score (nSPS) is 16.4.